The zero-order valence-electron chi connectivity index (χ0n) is 20.3. The molecule has 11 nitrogen and oxygen atoms in total. The van der Waals surface area contributed by atoms with Gasteiger partial charge in [0, 0.05) is 39.0 Å². The van der Waals surface area contributed by atoms with E-state index in [-0.39, 0.29) is 31.7 Å². The van der Waals surface area contributed by atoms with Gasteiger partial charge >= 0.3 is 25.0 Å². The number of amides is 4. The molecule has 1 saturated heterocycles. The van der Waals surface area contributed by atoms with Crippen LogP contribution in [0.1, 0.15) is 43.1 Å². The van der Waals surface area contributed by atoms with Crippen LogP contribution in [0.3, 0.4) is 0 Å². The van der Waals surface area contributed by atoms with Gasteiger partial charge in [-0.1, -0.05) is 12.1 Å². The molecule has 1 aromatic rings. The summed E-state index contributed by atoms with van der Waals surface area (Å²) < 4.78 is 10.9. The van der Waals surface area contributed by atoms with Gasteiger partial charge in [-0.2, -0.15) is 0 Å². The minimum Gasteiger partial charge on any atom is -0.535 e. The Morgan fingerprint density at radius 1 is 1.26 bits per heavy atom. The van der Waals surface area contributed by atoms with Gasteiger partial charge in [-0.15, -0.1) is 0 Å². The van der Waals surface area contributed by atoms with Gasteiger partial charge in [-0.05, 0) is 38.8 Å². The Balaban J connectivity index is 1.72. The molecule has 0 aromatic heterocycles. The summed E-state index contributed by atoms with van der Waals surface area (Å²) in [6, 6.07) is 3.09. The summed E-state index contributed by atoms with van der Waals surface area (Å²) in [7, 11) is 0.0478. The maximum Gasteiger partial charge on any atom is 0.526 e. The van der Waals surface area contributed by atoms with Crippen molar-refractivity contribution in [1.29, 1.82) is 0 Å². The number of likely N-dealkylation sites (N-methyl/N-ethyl adjacent to an activating group) is 1. The molecule has 2 heterocycles. The molecule has 3 atom stereocenters. The number of para-hydroxylation sites is 1. The Morgan fingerprint density at radius 3 is 2.60 bits per heavy atom. The van der Waals surface area contributed by atoms with Gasteiger partial charge in [0.2, 0.25) is 0 Å². The van der Waals surface area contributed by atoms with Crippen molar-refractivity contribution >= 4 is 36.5 Å². The fourth-order valence-corrected chi connectivity index (χ4v) is 4.30. The van der Waals surface area contributed by atoms with Crippen LogP contribution in [0.25, 0.3) is 0 Å². The van der Waals surface area contributed by atoms with E-state index in [0.717, 1.165) is 4.90 Å². The maximum absolute atomic E-state index is 13.2. The zero-order valence-corrected chi connectivity index (χ0v) is 20.3. The molecule has 3 rings (SSSR count). The predicted octanol–water partition coefficient (Wildman–Crippen LogP) is 0.438. The average Bonchev–Trinajstić information content (AvgIpc) is 2.83. The van der Waals surface area contributed by atoms with Crippen LogP contribution in [0.5, 0.6) is 5.75 Å². The van der Waals surface area contributed by atoms with Crippen molar-refractivity contribution in [3.63, 3.8) is 0 Å². The number of hydrogen-bond acceptors (Lipinski definition) is 8. The van der Waals surface area contributed by atoms with E-state index in [1.807, 2.05) is 0 Å². The van der Waals surface area contributed by atoms with E-state index in [9.17, 15) is 29.0 Å². The molecule has 0 radical (unpaired) electrons. The summed E-state index contributed by atoms with van der Waals surface area (Å²) >= 11 is 0. The maximum atomic E-state index is 13.2. The molecule has 0 unspecified atom stereocenters. The third-order valence-electron chi connectivity index (χ3n) is 6.47. The Hall–Kier alpha value is -3.25. The van der Waals surface area contributed by atoms with E-state index in [1.54, 1.807) is 32.0 Å². The highest BCUT2D eigenvalue weighted by Crippen LogP contribution is 2.36. The van der Waals surface area contributed by atoms with Gasteiger partial charge in [-0.3, -0.25) is 24.1 Å². The number of ketones is 2. The van der Waals surface area contributed by atoms with E-state index in [2.05, 4.69) is 5.32 Å². The lowest BCUT2D eigenvalue weighted by Gasteiger charge is -2.34. The standard InChI is InChI=1S/C23H30BN3O8/c1-5-26-9-10-27(22(31)21(26)30)23(32)25-19(14(3)34-4)18(29)12-16-11-15-7-6-8-17(13(2)28)20(15)35-24(16)33/h6-8,14,16,19,33H,5,9-12H2,1-4H3,(H,25,32)/t14-,16+,19+/m0/s1. The summed E-state index contributed by atoms with van der Waals surface area (Å²) in [5.74, 6) is -2.69. The number of nitrogens with zero attached hydrogens (tertiary/aromatic N) is 2. The fraction of sp³-hybridized carbons (Fsp3) is 0.522. The topological polar surface area (TPSA) is 143 Å². The largest absolute Gasteiger partial charge is 0.535 e. The molecule has 0 aliphatic carbocycles. The lowest BCUT2D eigenvalue weighted by molar-refractivity contribution is -0.153. The number of nitrogens with one attached hydrogen (secondary N) is 1. The van der Waals surface area contributed by atoms with Crippen LogP contribution in [-0.2, 0) is 25.5 Å². The van der Waals surface area contributed by atoms with Crippen LogP contribution in [0, 0.1) is 0 Å². The quantitative estimate of drug-likeness (QED) is 0.306. The summed E-state index contributed by atoms with van der Waals surface area (Å²) in [5.41, 5.74) is 1.05. The number of carbonyl (C=O) groups excluding carboxylic acids is 5. The molecule has 1 aromatic carbocycles. The van der Waals surface area contributed by atoms with Crippen LogP contribution in [0.15, 0.2) is 18.2 Å². The first-order chi connectivity index (χ1) is 16.6. The molecule has 35 heavy (non-hydrogen) atoms. The van der Waals surface area contributed by atoms with Crippen LogP contribution < -0.4 is 9.97 Å². The van der Waals surface area contributed by atoms with Crippen LogP contribution in [0.2, 0.25) is 5.82 Å². The zero-order chi connectivity index (χ0) is 25.9. The van der Waals surface area contributed by atoms with Gasteiger partial charge in [0.05, 0.1) is 11.7 Å². The average molecular weight is 487 g/mol. The second kappa shape index (κ2) is 11.0. The van der Waals surface area contributed by atoms with Crippen molar-refractivity contribution in [2.75, 3.05) is 26.7 Å². The minimum atomic E-state index is -1.33. The van der Waals surface area contributed by atoms with Crippen molar-refractivity contribution in [2.45, 2.75) is 51.6 Å². The Morgan fingerprint density at radius 2 is 1.97 bits per heavy atom. The van der Waals surface area contributed by atoms with Gasteiger partial charge in [0.1, 0.15) is 11.8 Å². The smallest absolute Gasteiger partial charge is 0.526 e. The van der Waals surface area contributed by atoms with Crippen molar-refractivity contribution in [1.82, 2.24) is 15.1 Å². The molecule has 2 aliphatic rings. The number of methoxy groups -OCH3 is 1. The predicted molar refractivity (Wildman–Crippen MR) is 125 cm³/mol. The molecule has 2 aliphatic heterocycles. The number of fused-ring (bicyclic) bond motifs is 1. The van der Waals surface area contributed by atoms with E-state index in [1.165, 1.54) is 18.9 Å². The number of piperazine rings is 1. The second-order valence-corrected chi connectivity index (χ2v) is 8.70. The molecule has 0 spiro atoms. The molecule has 4 amide bonds. The third-order valence-corrected chi connectivity index (χ3v) is 6.47. The highest BCUT2D eigenvalue weighted by molar-refractivity contribution is 6.47. The van der Waals surface area contributed by atoms with Crippen molar-refractivity contribution in [2.24, 2.45) is 0 Å². The van der Waals surface area contributed by atoms with Gasteiger partial charge < -0.3 is 24.6 Å². The van der Waals surface area contributed by atoms with Crippen LogP contribution in [0.4, 0.5) is 4.79 Å². The molecule has 0 bridgehead atoms. The third kappa shape index (κ3) is 5.54. The number of imide groups is 1. The number of Topliss-reactive ketones (excluding diaryl/α,β-unsaturated/α-hetero) is 2. The van der Waals surface area contributed by atoms with Crippen molar-refractivity contribution in [3.05, 3.63) is 29.3 Å². The molecule has 2 N–H and O–H groups in total. The van der Waals surface area contributed by atoms with Gasteiger partial charge in [0.25, 0.3) is 0 Å². The number of benzene rings is 1. The molecular formula is C23H30BN3O8. The summed E-state index contributed by atoms with van der Waals surface area (Å²) in [6.07, 6.45) is -0.607. The molecule has 12 heteroatoms. The number of rotatable bonds is 8. The van der Waals surface area contributed by atoms with Crippen molar-refractivity contribution in [3.8, 4) is 5.75 Å². The number of hydrogen-bond donors (Lipinski definition) is 2. The summed E-state index contributed by atoms with van der Waals surface area (Å²) in [5, 5.41) is 13.1. The van der Waals surface area contributed by atoms with Gasteiger partial charge in [-0.25, -0.2) is 4.79 Å². The first kappa shape index (κ1) is 26.4. The fourth-order valence-electron chi connectivity index (χ4n) is 4.30. The second-order valence-electron chi connectivity index (χ2n) is 8.70. The van der Waals surface area contributed by atoms with Crippen LogP contribution in [-0.4, -0.2) is 90.2 Å². The normalized spacial score (nSPS) is 19.6. The lowest BCUT2D eigenvalue weighted by atomic mass is 9.64. The van der Waals surface area contributed by atoms with Gasteiger partial charge in [0.15, 0.2) is 11.6 Å². The van der Waals surface area contributed by atoms with Crippen molar-refractivity contribution < 1.29 is 38.4 Å². The Labute approximate surface area is 203 Å². The molecule has 0 saturated carbocycles. The highest BCUT2D eigenvalue weighted by Gasteiger charge is 2.41. The Bertz CT molecular complexity index is 1030. The monoisotopic (exact) mass is 487 g/mol. The first-order valence-corrected chi connectivity index (χ1v) is 11.5. The number of carbonyl (C=O) groups is 5. The number of ether oxygens (including phenoxy) is 1. The lowest BCUT2D eigenvalue weighted by Crippen LogP contribution is -2.61. The van der Waals surface area contributed by atoms with E-state index in [4.69, 9.17) is 9.39 Å². The first-order valence-electron chi connectivity index (χ1n) is 11.5. The summed E-state index contributed by atoms with van der Waals surface area (Å²) in [6.45, 7) is 5.30. The van der Waals surface area contributed by atoms with E-state index < -0.39 is 48.7 Å². The minimum absolute atomic E-state index is 0.0109. The number of urea groups is 1. The molecule has 1 fully saturated rings. The van der Waals surface area contributed by atoms with Crippen LogP contribution >= 0.6 is 0 Å². The highest BCUT2D eigenvalue weighted by atomic mass is 16.5. The summed E-state index contributed by atoms with van der Waals surface area (Å²) in [4.78, 5) is 64.5. The Kier molecular flexibility index (Phi) is 8.28. The molecular weight excluding hydrogens is 457 g/mol. The SMILES string of the molecule is CCN1CCN(C(=O)N[C@@H](C(=O)C[C@H]2Cc3cccc(C(C)=O)c3OB2O)[C@H](C)OC)C(=O)C1=O. The van der Waals surface area contributed by atoms with E-state index in [0.29, 0.717) is 23.4 Å². The van der Waals surface area contributed by atoms with E-state index >= 15 is 0 Å². The molecule has 188 valence electrons.